The van der Waals surface area contributed by atoms with Crippen LogP contribution in [-0.4, -0.2) is 34.5 Å². The molecule has 5 heteroatoms. The van der Waals surface area contributed by atoms with Crippen molar-refractivity contribution in [1.82, 2.24) is 4.90 Å². The van der Waals surface area contributed by atoms with Gasteiger partial charge in [-0.15, -0.1) is 0 Å². The van der Waals surface area contributed by atoms with Gasteiger partial charge in [-0.2, -0.15) is 0 Å². The van der Waals surface area contributed by atoms with E-state index in [1.54, 1.807) is 0 Å². The Morgan fingerprint density at radius 1 is 0.700 bits per heavy atom. The SMILES string of the molecule is [CH2-][C@@H](C(=O)O)N(CCCCCCCC)C(=O)CCCCCCCCCCCCC.[Ti]. The molecule has 0 aromatic rings. The van der Waals surface area contributed by atoms with Crippen molar-refractivity contribution in [2.24, 2.45) is 0 Å². The molecule has 0 saturated carbocycles. The minimum absolute atomic E-state index is 0. The van der Waals surface area contributed by atoms with Crippen LogP contribution in [0.2, 0.25) is 0 Å². The van der Waals surface area contributed by atoms with Crippen molar-refractivity contribution in [1.29, 1.82) is 0 Å². The van der Waals surface area contributed by atoms with E-state index >= 15 is 0 Å². The number of hydrogen-bond acceptors (Lipinski definition) is 2. The Labute approximate surface area is 201 Å². The Balaban J connectivity index is 0. The number of carbonyl (C=O) groups is 2. The third kappa shape index (κ3) is 18.4. The zero-order chi connectivity index (χ0) is 21.7. The van der Waals surface area contributed by atoms with Crippen LogP contribution in [-0.2, 0) is 31.3 Å². The Morgan fingerprint density at radius 3 is 1.47 bits per heavy atom. The van der Waals surface area contributed by atoms with Crippen LogP contribution in [0.1, 0.15) is 129 Å². The Bertz CT molecular complexity index is 404. The van der Waals surface area contributed by atoms with Crippen molar-refractivity contribution in [3.63, 3.8) is 0 Å². The Kier molecular flexibility index (Phi) is 24.7. The largest absolute Gasteiger partial charge is 0.482 e. The molecular formula is C25H48NO3Ti-. The Hall–Kier alpha value is -0.346. The van der Waals surface area contributed by atoms with Crippen LogP contribution >= 0.6 is 0 Å². The second-order valence-electron chi connectivity index (χ2n) is 8.49. The fourth-order valence-corrected chi connectivity index (χ4v) is 3.73. The smallest absolute Gasteiger partial charge is 0.294 e. The predicted molar refractivity (Wildman–Crippen MR) is 123 cm³/mol. The maximum absolute atomic E-state index is 12.5. The second kappa shape index (κ2) is 23.3. The van der Waals surface area contributed by atoms with Crippen molar-refractivity contribution in [2.45, 2.75) is 135 Å². The first kappa shape index (κ1) is 31.8. The molecule has 0 aromatic heterocycles. The van der Waals surface area contributed by atoms with Crippen LogP contribution in [0, 0.1) is 6.92 Å². The molecule has 0 saturated heterocycles. The third-order valence-corrected chi connectivity index (χ3v) is 5.73. The molecule has 0 unspecified atom stereocenters. The van der Waals surface area contributed by atoms with Crippen molar-refractivity contribution in [2.75, 3.05) is 6.54 Å². The number of aliphatic carboxylic acids is 1. The minimum Gasteiger partial charge on any atom is -0.482 e. The number of carbonyl (C=O) groups excluding carboxylic acids is 1. The van der Waals surface area contributed by atoms with Gasteiger partial charge in [0.15, 0.2) is 0 Å². The molecule has 1 amide bonds. The quantitative estimate of drug-likeness (QED) is 0.113. The normalized spacial score (nSPS) is 11.7. The number of amides is 1. The van der Waals surface area contributed by atoms with E-state index in [2.05, 4.69) is 20.8 Å². The van der Waals surface area contributed by atoms with Gasteiger partial charge >= 0.3 is 0 Å². The molecule has 0 aromatic carbocycles. The van der Waals surface area contributed by atoms with Crippen molar-refractivity contribution in [3.05, 3.63) is 6.92 Å². The molecule has 0 fully saturated rings. The first-order valence-corrected chi connectivity index (χ1v) is 12.4. The summed E-state index contributed by atoms with van der Waals surface area (Å²) in [4.78, 5) is 25.3. The van der Waals surface area contributed by atoms with Crippen LogP contribution < -0.4 is 0 Å². The summed E-state index contributed by atoms with van der Waals surface area (Å²) in [5, 5.41) is 9.28. The van der Waals surface area contributed by atoms with Gasteiger partial charge in [0.1, 0.15) is 0 Å². The molecule has 0 spiro atoms. The summed E-state index contributed by atoms with van der Waals surface area (Å²) in [5.74, 6) is -1.06. The standard InChI is InChI=1S/C25H48NO3.Ti/c1-4-6-8-10-12-13-14-15-16-17-19-21-24(27)26(23(3)25(28)29)22-20-18-11-9-7-5-2;/h23H,3-22H2,1-2H3,(H,28,29);/q-1;/t23-;/m0./s1. The Morgan fingerprint density at radius 2 is 1.07 bits per heavy atom. The van der Waals surface area contributed by atoms with Gasteiger partial charge in [-0.05, 0) is 12.8 Å². The molecular weight excluding hydrogens is 410 g/mol. The summed E-state index contributed by atoms with van der Waals surface area (Å²) in [7, 11) is 0. The third-order valence-electron chi connectivity index (χ3n) is 5.73. The van der Waals surface area contributed by atoms with E-state index in [1.807, 2.05) is 0 Å². The first-order chi connectivity index (χ1) is 14.0. The molecule has 176 valence electrons. The summed E-state index contributed by atoms with van der Waals surface area (Å²) in [5.41, 5.74) is 0. The summed E-state index contributed by atoms with van der Waals surface area (Å²) >= 11 is 0. The van der Waals surface area contributed by atoms with Gasteiger partial charge in [0, 0.05) is 40.7 Å². The second-order valence-corrected chi connectivity index (χ2v) is 8.49. The predicted octanol–water partition coefficient (Wildman–Crippen LogP) is 7.16. The van der Waals surface area contributed by atoms with E-state index in [-0.39, 0.29) is 27.6 Å². The van der Waals surface area contributed by atoms with Gasteiger partial charge in [0.05, 0.1) is 0 Å². The fraction of sp³-hybridized carbons (Fsp3) is 0.880. The molecule has 0 rings (SSSR count). The molecule has 0 radical (unpaired) electrons. The average Bonchev–Trinajstić information content (AvgIpc) is 2.70. The summed E-state index contributed by atoms with van der Waals surface area (Å²) in [6.45, 7) is 8.65. The van der Waals surface area contributed by atoms with Gasteiger partial charge in [-0.3, -0.25) is 9.59 Å². The van der Waals surface area contributed by atoms with Crippen LogP contribution in [0.15, 0.2) is 0 Å². The molecule has 0 heterocycles. The molecule has 0 aliphatic carbocycles. The van der Waals surface area contributed by atoms with E-state index < -0.39 is 12.0 Å². The van der Waals surface area contributed by atoms with Gasteiger partial charge in [-0.1, -0.05) is 110 Å². The van der Waals surface area contributed by atoms with E-state index in [9.17, 15) is 14.7 Å². The zero-order valence-corrected chi connectivity index (χ0v) is 21.5. The number of hydrogen-bond donors (Lipinski definition) is 1. The number of unbranched alkanes of at least 4 members (excludes halogenated alkanes) is 15. The number of carboxylic acid groups (broad SMARTS) is 1. The molecule has 1 atom stereocenters. The van der Waals surface area contributed by atoms with Gasteiger partial charge in [-0.25, -0.2) is 0 Å². The van der Waals surface area contributed by atoms with E-state index in [0.29, 0.717) is 13.0 Å². The zero-order valence-electron chi connectivity index (χ0n) is 19.9. The number of rotatable bonds is 21. The van der Waals surface area contributed by atoms with Crippen LogP contribution in [0.4, 0.5) is 0 Å². The first-order valence-electron chi connectivity index (χ1n) is 12.4. The van der Waals surface area contributed by atoms with E-state index in [1.165, 1.54) is 81.9 Å². The molecule has 30 heavy (non-hydrogen) atoms. The fourth-order valence-electron chi connectivity index (χ4n) is 3.73. The molecule has 0 bridgehead atoms. The average molecular weight is 459 g/mol. The minimum atomic E-state index is -1.01. The monoisotopic (exact) mass is 458 g/mol. The number of nitrogens with zero attached hydrogens (tertiary/aromatic N) is 1. The van der Waals surface area contributed by atoms with Gasteiger partial charge in [0.2, 0.25) is 5.91 Å². The molecule has 1 N–H and O–H groups in total. The number of carboxylic acids is 1. The van der Waals surface area contributed by atoms with Crippen molar-refractivity contribution in [3.8, 4) is 0 Å². The maximum Gasteiger partial charge on any atom is 0.294 e. The van der Waals surface area contributed by atoms with Crippen molar-refractivity contribution >= 4 is 11.9 Å². The topological polar surface area (TPSA) is 57.6 Å². The van der Waals surface area contributed by atoms with Gasteiger partial charge < -0.3 is 16.9 Å². The van der Waals surface area contributed by atoms with Crippen molar-refractivity contribution < 1.29 is 36.4 Å². The van der Waals surface area contributed by atoms with Gasteiger partial charge in [0.25, 0.3) is 5.97 Å². The summed E-state index contributed by atoms with van der Waals surface area (Å²) in [6.07, 6.45) is 20.9. The van der Waals surface area contributed by atoms with Crippen LogP contribution in [0.25, 0.3) is 0 Å². The summed E-state index contributed by atoms with van der Waals surface area (Å²) < 4.78 is 0. The molecule has 0 aliphatic rings. The van der Waals surface area contributed by atoms with E-state index in [4.69, 9.17) is 0 Å². The molecule has 0 aliphatic heterocycles. The van der Waals surface area contributed by atoms with E-state index in [0.717, 1.165) is 32.1 Å². The molecule has 4 nitrogen and oxygen atoms in total. The summed E-state index contributed by atoms with van der Waals surface area (Å²) in [6, 6.07) is -0.967. The van der Waals surface area contributed by atoms with Crippen LogP contribution in [0.5, 0.6) is 0 Å². The van der Waals surface area contributed by atoms with Crippen LogP contribution in [0.3, 0.4) is 0 Å². The maximum atomic E-state index is 12.5.